The van der Waals surface area contributed by atoms with Crippen LogP contribution in [-0.2, 0) is 11.3 Å². The van der Waals surface area contributed by atoms with E-state index in [9.17, 15) is 4.79 Å². The van der Waals surface area contributed by atoms with Gasteiger partial charge in [-0.25, -0.2) is 0 Å². The van der Waals surface area contributed by atoms with Gasteiger partial charge in [0.15, 0.2) is 0 Å². The molecule has 0 radical (unpaired) electrons. The summed E-state index contributed by atoms with van der Waals surface area (Å²) in [5.41, 5.74) is 2.15. The summed E-state index contributed by atoms with van der Waals surface area (Å²) in [4.78, 5) is 17.1. The molecular weight excluding hydrogens is 206 g/mol. The molecular formula is C11H11N3O2. The highest BCUT2D eigenvalue weighted by Crippen LogP contribution is 2.29. The zero-order valence-electron chi connectivity index (χ0n) is 8.86. The Morgan fingerprint density at radius 3 is 3.19 bits per heavy atom. The first-order valence-electron chi connectivity index (χ1n) is 5.08. The molecule has 16 heavy (non-hydrogen) atoms. The van der Waals surface area contributed by atoms with E-state index >= 15 is 0 Å². The van der Waals surface area contributed by atoms with Crippen LogP contribution in [0.4, 0.5) is 5.69 Å². The molecule has 0 saturated carbocycles. The van der Waals surface area contributed by atoms with E-state index in [1.54, 1.807) is 7.11 Å². The number of anilines is 1. The Morgan fingerprint density at radius 1 is 1.50 bits per heavy atom. The fourth-order valence-electron chi connectivity index (χ4n) is 2.03. The first-order valence-corrected chi connectivity index (χ1v) is 5.08. The van der Waals surface area contributed by atoms with Crippen LogP contribution in [0.1, 0.15) is 5.56 Å². The topological polar surface area (TPSA) is 53.9 Å². The van der Waals surface area contributed by atoms with Crippen LogP contribution in [0.3, 0.4) is 0 Å². The lowest BCUT2D eigenvalue weighted by Crippen LogP contribution is -2.42. The smallest absolute Gasteiger partial charge is 0.268 e. The van der Waals surface area contributed by atoms with E-state index in [1.165, 1.54) is 0 Å². The molecule has 82 valence electrons. The summed E-state index contributed by atoms with van der Waals surface area (Å²) in [6.07, 6.45) is 0. The van der Waals surface area contributed by atoms with E-state index in [-0.39, 0.29) is 5.91 Å². The number of carbonyl (C=O) groups is 1. The summed E-state index contributed by atoms with van der Waals surface area (Å²) in [5.74, 6) is 1.38. The zero-order chi connectivity index (χ0) is 11.1. The van der Waals surface area contributed by atoms with Crippen LogP contribution in [0.5, 0.6) is 5.75 Å². The molecule has 2 aliphatic rings. The van der Waals surface area contributed by atoms with Crippen LogP contribution in [0.2, 0.25) is 0 Å². The first kappa shape index (κ1) is 9.21. The summed E-state index contributed by atoms with van der Waals surface area (Å²) in [5, 5.41) is 3.12. The van der Waals surface area contributed by atoms with E-state index in [1.807, 2.05) is 23.1 Å². The number of nitrogens with zero attached hydrogens (tertiary/aromatic N) is 2. The number of benzene rings is 1. The van der Waals surface area contributed by atoms with Crippen molar-refractivity contribution in [3.8, 4) is 5.75 Å². The van der Waals surface area contributed by atoms with Gasteiger partial charge in [0.25, 0.3) is 5.91 Å². The molecule has 1 aromatic rings. The van der Waals surface area contributed by atoms with Crippen molar-refractivity contribution < 1.29 is 9.53 Å². The Morgan fingerprint density at radius 2 is 2.38 bits per heavy atom. The molecule has 0 bridgehead atoms. The van der Waals surface area contributed by atoms with Crippen molar-refractivity contribution in [2.75, 3.05) is 18.6 Å². The number of amides is 1. The van der Waals surface area contributed by atoms with Crippen LogP contribution in [0.25, 0.3) is 0 Å². The van der Waals surface area contributed by atoms with Gasteiger partial charge in [0.05, 0.1) is 7.11 Å². The summed E-state index contributed by atoms with van der Waals surface area (Å²) in [7, 11) is 1.64. The molecule has 1 aromatic carbocycles. The molecule has 1 amide bonds. The second-order valence-corrected chi connectivity index (χ2v) is 3.76. The van der Waals surface area contributed by atoms with Crippen LogP contribution >= 0.6 is 0 Å². The van der Waals surface area contributed by atoms with Crippen LogP contribution in [-0.4, -0.2) is 25.5 Å². The first-order chi connectivity index (χ1) is 7.78. The van der Waals surface area contributed by atoms with E-state index < -0.39 is 0 Å². The highest BCUT2D eigenvalue weighted by Gasteiger charge is 2.29. The molecule has 2 heterocycles. The predicted molar refractivity (Wildman–Crippen MR) is 59.6 cm³/mol. The van der Waals surface area contributed by atoms with Crippen molar-refractivity contribution in [1.29, 1.82) is 0 Å². The minimum absolute atomic E-state index is 0.105. The van der Waals surface area contributed by atoms with Crippen molar-refractivity contribution in [3.63, 3.8) is 0 Å². The largest absolute Gasteiger partial charge is 0.497 e. The Kier molecular flexibility index (Phi) is 1.86. The van der Waals surface area contributed by atoms with E-state index in [0.717, 1.165) is 17.0 Å². The van der Waals surface area contributed by atoms with Crippen molar-refractivity contribution in [2.24, 2.45) is 4.99 Å². The van der Waals surface area contributed by atoms with Gasteiger partial charge in [0.1, 0.15) is 12.3 Å². The number of rotatable bonds is 1. The fraction of sp³-hybridized carbons (Fsp3) is 0.273. The molecule has 0 spiro atoms. The highest BCUT2D eigenvalue weighted by molar-refractivity contribution is 6.12. The number of hydrogen-bond acceptors (Lipinski definition) is 4. The zero-order valence-corrected chi connectivity index (χ0v) is 8.86. The summed E-state index contributed by atoms with van der Waals surface area (Å²) < 4.78 is 5.17. The quantitative estimate of drug-likeness (QED) is 0.744. The lowest BCUT2D eigenvalue weighted by molar-refractivity contribution is -0.115. The average molecular weight is 217 g/mol. The van der Waals surface area contributed by atoms with Crippen molar-refractivity contribution in [1.82, 2.24) is 5.32 Å². The molecule has 5 nitrogen and oxygen atoms in total. The molecule has 0 saturated heterocycles. The molecule has 3 rings (SSSR count). The molecule has 2 aliphatic heterocycles. The van der Waals surface area contributed by atoms with Crippen LogP contribution in [0, 0.1) is 0 Å². The van der Waals surface area contributed by atoms with E-state index in [2.05, 4.69) is 10.3 Å². The Hall–Kier alpha value is -2.04. The van der Waals surface area contributed by atoms with Crippen molar-refractivity contribution in [2.45, 2.75) is 6.54 Å². The Bertz CT molecular complexity index is 496. The second-order valence-electron chi connectivity index (χ2n) is 3.76. The minimum atomic E-state index is -0.105. The van der Waals surface area contributed by atoms with Gasteiger partial charge < -0.3 is 15.0 Å². The van der Waals surface area contributed by atoms with Gasteiger partial charge >= 0.3 is 0 Å². The van der Waals surface area contributed by atoms with Gasteiger partial charge in [-0.15, -0.1) is 0 Å². The van der Waals surface area contributed by atoms with Gasteiger partial charge in [0.2, 0.25) is 5.96 Å². The maximum atomic E-state index is 11.2. The third kappa shape index (κ3) is 1.25. The molecule has 0 unspecified atom stereocenters. The summed E-state index contributed by atoms with van der Waals surface area (Å²) in [6.45, 7) is 0.997. The van der Waals surface area contributed by atoms with Gasteiger partial charge in [0, 0.05) is 12.2 Å². The maximum Gasteiger partial charge on any atom is 0.268 e. The minimum Gasteiger partial charge on any atom is -0.497 e. The number of nitrogens with one attached hydrogen (secondary N) is 1. The Labute approximate surface area is 92.7 Å². The summed E-state index contributed by atoms with van der Waals surface area (Å²) >= 11 is 0. The molecule has 0 aliphatic carbocycles. The molecule has 5 heteroatoms. The Balaban J connectivity index is 2.05. The van der Waals surface area contributed by atoms with Crippen LogP contribution in [0.15, 0.2) is 23.2 Å². The van der Waals surface area contributed by atoms with Gasteiger partial charge in [-0.05, 0) is 23.8 Å². The fourth-order valence-corrected chi connectivity index (χ4v) is 2.03. The number of hydrogen-bond donors (Lipinski definition) is 1. The van der Waals surface area contributed by atoms with Gasteiger partial charge in [-0.2, -0.15) is 4.99 Å². The molecule has 0 aromatic heterocycles. The highest BCUT2D eigenvalue weighted by atomic mass is 16.5. The number of methoxy groups -OCH3 is 1. The molecule has 0 fully saturated rings. The van der Waals surface area contributed by atoms with E-state index in [4.69, 9.17) is 4.74 Å². The lowest BCUT2D eigenvalue weighted by Gasteiger charge is -2.28. The SMILES string of the molecule is COc1ccc2c(c1)CNC1=NC(=O)CN12. The monoisotopic (exact) mass is 217 g/mol. The maximum absolute atomic E-state index is 11.2. The van der Waals surface area contributed by atoms with E-state index in [0.29, 0.717) is 19.0 Å². The number of guanidine groups is 1. The second kappa shape index (κ2) is 3.23. The number of fused-ring (bicyclic) bond motifs is 3. The average Bonchev–Trinajstić information content (AvgIpc) is 2.69. The number of carbonyl (C=O) groups excluding carboxylic acids is 1. The van der Waals surface area contributed by atoms with Gasteiger partial charge in [-0.3, -0.25) is 4.79 Å². The molecule has 1 N–H and O–H groups in total. The van der Waals surface area contributed by atoms with Crippen LogP contribution < -0.4 is 15.0 Å². The van der Waals surface area contributed by atoms with Crippen molar-refractivity contribution >= 4 is 17.6 Å². The van der Waals surface area contributed by atoms with Gasteiger partial charge in [-0.1, -0.05) is 0 Å². The standard InChI is InChI=1S/C11H11N3O2/c1-16-8-2-3-9-7(4-8)5-12-11-13-10(15)6-14(9)11/h2-4H,5-6H2,1H3,(H,12,13,15). The number of aliphatic imine (C=N–C) groups is 1. The third-order valence-corrected chi connectivity index (χ3v) is 2.79. The molecule has 0 atom stereocenters. The predicted octanol–water partition coefficient (Wildman–Crippen LogP) is 0.501. The van der Waals surface area contributed by atoms with Crippen molar-refractivity contribution in [3.05, 3.63) is 23.8 Å². The number of ether oxygens (including phenoxy) is 1. The lowest BCUT2D eigenvalue weighted by atomic mass is 10.1. The normalized spacial score (nSPS) is 17.4. The third-order valence-electron chi connectivity index (χ3n) is 2.79. The summed E-state index contributed by atoms with van der Waals surface area (Å²) in [6, 6.07) is 5.83.